The average Bonchev–Trinajstić information content (AvgIpc) is 2.47. The lowest BCUT2D eigenvalue weighted by atomic mass is 10.1. The van der Waals surface area contributed by atoms with Gasteiger partial charge in [-0.05, 0) is 12.1 Å². The van der Waals surface area contributed by atoms with Crippen LogP contribution in [0.25, 0.3) is 11.1 Å². The molecule has 0 atom stereocenters. The van der Waals surface area contributed by atoms with E-state index in [1.54, 1.807) is 24.8 Å². The number of rotatable bonds is 0. The molecule has 0 N–H and O–H groups in total. The molecule has 0 aromatic carbocycles. The van der Waals surface area contributed by atoms with Gasteiger partial charge in [0.15, 0.2) is 0 Å². The standard InChI is InChI=1S/C13H12N2O2/c1-6-16-12-8-14-4-2-10(12)11-3-5-15-9-13(11)17-7-1/h2-5,8-9H,1,6-7H2. The second-order valence-electron chi connectivity index (χ2n) is 3.79. The van der Waals surface area contributed by atoms with Crippen molar-refractivity contribution in [3.05, 3.63) is 36.9 Å². The van der Waals surface area contributed by atoms with Crippen LogP contribution in [0.5, 0.6) is 11.5 Å². The third-order valence-corrected chi connectivity index (χ3v) is 2.66. The van der Waals surface area contributed by atoms with Gasteiger partial charge >= 0.3 is 0 Å². The van der Waals surface area contributed by atoms with Gasteiger partial charge in [0.25, 0.3) is 0 Å². The van der Waals surface area contributed by atoms with Crippen LogP contribution in [0.15, 0.2) is 36.9 Å². The summed E-state index contributed by atoms with van der Waals surface area (Å²) in [6.07, 6.45) is 7.84. The zero-order valence-corrected chi connectivity index (χ0v) is 9.30. The Hall–Kier alpha value is -2.10. The summed E-state index contributed by atoms with van der Waals surface area (Å²) < 4.78 is 11.4. The first-order valence-corrected chi connectivity index (χ1v) is 5.59. The number of fused-ring (bicyclic) bond motifs is 3. The zero-order chi connectivity index (χ0) is 11.5. The van der Waals surface area contributed by atoms with Crippen LogP contribution in [-0.2, 0) is 0 Å². The first-order valence-electron chi connectivity index (χ1n) is 5.59. The molecular weight excluding hydrogens is 216 g/mol. The van der Waals surface area contributed by atoms with E-state index in [-0.39, 0.29) is 0 Å². The summed E-state index contributed by atoms with van der Waals surface area (Å²) in [7, 11) is 0. The van der Waals surface area contributed by atoms with Crippen LogP contribution in [0, 0.1) is 0 Å². The third kappa shape index (κ3) is 1.93. The monoisotopic (exact) mass is 228 g/mol. The summed E-state index contributed by atoms with van der Waals surface area (Å²) in [5.74, 6) is 1.59. The van der Waals surface area contributed by atoms with Crippen molar-refractivity contribution >= 4 is 0 Å². The van der Waals surface area contributed by atoms with Crippen LogP contribution < -0.4 is 9.47 Å². The maximum absolute atomic E-state index is 5.70. The highest BCUT2D eigenvalue weighted by Gasteiger charge is 2.13. The molecule has 0 saturated heterocycles. The molecule has 0 fully saturated rings. The van der Waals surface area contributed by atoms with Gasteiger partial charge in [0.2, 0.25) is 0 Å². The Morgan fingerprint density at radius 3 is 1.88 bits per heavy atom. The van der Waals surface area contributed by atoms with Gasteiger partial charge in [-0.25, -0.2) is 0 Å². The highest BCUT2D eigenvalue weighted by molar-refractivity contribution is 5.74. The molecule has 4 heteroatoms. The van der Waals surface area contributed by atoms with Crippen LogP contribution >= 0.6 is 0 Å². The van der Waals surface area contributed by atoms with Crippen LogP contribution in [-0.4, -0.2) is 23.2 Å². The molecule has 0 unspecified atom stereocenters. The number of pyridine rings is 2. The van der Waals surface area contributed by atoms with Gasteiger partial charge in [0.1, 0.15) is 11.5 Å². The van der Waals surface area contributed by atoms with Crippen molar-refractivity contribution in [3.8, 4) is 22.6 Å². The number of nitrogens with zero attached hydrogens (tertiary/aromatic N) is 2. The van der Waals surface area contributed by atoms with Crippen molar-refractivity contribution < 1.29 is 9.47 Å². The molecule has 3 rings (SSSR count). The van der Waals surface area contributed by atoms with E-state index in [0.29, 0.717) is 13.2 Å². The average molecular weight is 228 g/mol. The van der Waals surface area contributed by atoms with Gasteiger partial charge in [-0.2, -0.15) is 0 Å². The Balaban J connectivity index is 2.18. The van der Waals surface area contributed by atoms with Crippen molar-refractivity contribution in [1.29, 1.82) is 0 Å². The van der Waals surface area contributed by atoms with E-state index in [4.69, 9.17) is 9.47 Å². The van der Waals surface area contributed by atoms with E-state index in [9.17, 15) is 0 Å². The minimum Gasteiger partial charge on any atom is -0.491 e. The van der Waals surface area contributed by atoms with E-state index >= 15 is 0 Å². The van der Waals surface area contributed by atoms with E-state index in [1.165, 1.54) is 0 Å². The topological polar surface area (TPSA) is 44.2 Å². The van der Waals surface area contributed by atoms with Crippen LogP contribution in [0.4, 0.5) is 0 Å². The molecule has 86 valence electrons. The van der Waals surface area contributed by atoms with Gasteiger partial charge in [0.05, 0.1) is 25.6 Å². The van der Waals surface area contributed by atoms with Crippen molar-refractivity contribution in [2.24, 2.45) is 0 Å². The third-order valence-electron chi connectivity index (χ3n) is 2.66. The molecule has 1 aliphatic heterocycles. The van der Waals surface area contributed by atoms with Crippen molar-refractivity contribution in [1.82, 2.24) is 9.97 Å². The molecule has 0 aliphatic carbocycles. The molecule has 3 heterocycles. The lowest BCUT2D eigenvalue weighted by Crippen LogP contribution is -2.03. The van der Waals surface area contributed by atoms with E-state index in [1.807, 2.05) is 12.1 Å². The first-order chi connectivity index (χ1) is 8.45. The van der Waals surface area contributed by atoms with Gasteiger partial charge in [0, 0.05) is 29.9 Å². The predicted octanol–water partition coefficient (Wildman–Crippen LogP) is 2.30. The van der Waals surface area contributed by atoms with Crippen LogP contribution in [0.1, 0.15) is 6.42 Å². The number of hydrogen-bond acceptors (Lipinski definition) is 4. The molecule has 0 amide bonds. The normalized spacial score (nSPS) is 14.1. The molecule has 4 nitrogen and oxygen atoms in total. The van der Waals surface area contributed by atoms with Gasteiger partial charge in [-0.1, -0.05) is 0 Å². The maximum atomic E-state index is 5.70. The smallest absolute Gasteiger partial charge is 0.145 e. The van der Waals surface area contributed by atoms with Crippen LogP contribution in [0.2, 0.25) is 0 Å². The molecule has 2 aromatic rings. The Labute approximate surface area is 99.2 Å². The molecule has 0 radical (unpaired) electrons. The fraction of sp³-hybridized carbons (Fsp3) is 0.231. The van der Waals surface area contributed by atoms with Crippen molar-refractivity contribution in [3.63, 3.8) is 0 Å². The summed E-state index contributed by atoms with van der Waals surface area (Å²) >= 11 is 0. The molecule has 0 bridgehead atoms. The molecule has 0 spiro atoms. The lowest BCUT2D eigenvalue weighted by Gasteiger charge is -2.10. The molecule has 2 aromatic heterocycles. The fourth-order valence-electron chi connectivity index (χ4n) is 1.86. The number of hydrogen-bond donors (Lipinski definition) is 0. The summed E-state index contributed by atoms with van der Waals surface area (Å²) in [6, 6.07) is 3.87. The SMILES string of the molecule is c1cc2c(cn1)OCCCOc1cnccc1-2. The fourth-order valence-corrected chi connectivity index (χ4v) is 1.86. The summed E-state index contributed by atoms with van der Waals surface area (Å²) in [4.78, 5) is 8.18. The minimum absolute atomic E-state index is 0.639. The number of aromatic nitrogens is 2. The van der Waals surface area contributed by atoms with E-state index in [0.717, 1.165) is 29.0 Å². The lowest BCUT2D eigenvalue weighted by molar-refractivity contribution is 0.251. The molecular formula is C13H12N2O2. The predicted molar refractivity (Wildman–Crippen MR) is 63.1 cm³/mol. The highest BCUT2D eigenvalue weighted by atomic mass is 16.5. The van der Waals surface area contributed by atoms with E-state index < -0.39 is 0 Å². The second-order valence-corrected chi connectivity index (χ2v) is 3.79. The van der Waals surface area contributed by atoms with Gasteiger partial charge < -0.3 is 9.47 Å². The van der Waals surface area contributed by atoms with Gasteiger partial charge in [-0.15, -0.1) is 0 Å². The molecule has 17 heavy (non-hydrogen) atoms. The van der Waals surface area contributed by atoms with Crippen molar-refractivity contribution in [2.75, 3.05) is 13.2 Å². The molecule has 0 saturated carbocycles. The number of ether oxygens (including phenoxy) is 2. The Morgan fingerprint density at radius 1 is 0.824 bits per heavy atom. The second kappa shape index (κ2) is 4.41. The summed E-state index contributed by atoms with van der Waals surface area (Å²) in [5.41, 5.74) is 2.00. The summed E-state index contributed by atoms with van der Waals surface area (Å²) in [6.45, 7) is 1.28. The van der Waals surface area contributed by atoms with E-state index in [2.05, 4.69) is 9.97 Å². The Kier molecular flexibility index (Phi) is 2.62. The quantitative estimate of drug-likeness (QED) is 0.694. The summed E-state index contributed by atoms with van der Waals surface area (Å²) in [5, 5.41) is 0. The Bertz CT molecular complexity index is 481. The minimum atomic E-state index is 0.639. The Morgan fingerprint density at radius 2 is 1.35 bits per heavy atom. The molecule has 1 aliphatic rings. The maximum Gasteiger partial charge on any atom is 0.145 e. The van der Waals surface area contributed by atoms with Crippen LogP contribution in [0.3, 0.4) is 0 Å². The highest BCUT2D eigenvalue weighted by Crippen LogP contribution is 2.35. The zero-order valence-electron chi connectivity index (χ0n) is 9.30. The largest absolute Gasteiger partial charge is 0.491 e. The van der Waals surface area contributed by atoms with Gasteiger partial charge in [-0.3, -0.25) is 9.97 Å². The first kappa shape index (κ1) is 10.1. The van der Waals surface area contributed by atoms with Crippen molar-refractivity contribution in [2.45, 2.75) is 6.42 Å².